The predicted molar refractivity (Wildman–Crippen MR) is 76.7 cm³/mol. The Morgan fingerprint density at radius 1 is 1.47 bits per heavy atom. The van der Waals surface area contributed by atoms with E-state index in [1.807, 2.05) is 6.92 Å². The summed E-state index contributed by atoms with van der Waals surface area (Å²) in [6, 6.07) is 0. The zero-order valence-electron chi connectivity index (χ0n) is 13.0. The zero-order valence-corrected chi connectivity index (χ0v) is 13.0. The number of esters is 1. The topological polar surface area (TPSA) is 46.5 Å². The third kappa shape index (κ3) is 5.35. The second kappa shape index (κ2) is 6.08. The molecule has 0 saturated heterocycles. The Labute approximate surface area is 117 Å². The summed E-state index contributed by atoms with van der Waals surface area (Å²) in [7, 11) is 0. The van der Waals surface area contributed by atoms with Gasteiger partial charge in [0.25, 0.3) is 0 Å². The Balaban J connectivity index is 2.38. The predicted octanol–water partition coefficient (Wildman–Crippen LogP) is 3.32. The van der Waals surface area contributed by atoms with Crippen LogP contribution in [-0.4, -0.2) is 24.3 Å². The number of aliphatic hydroxyl groups is 1. The summed E-state index contributed by atoms with van der Waals surface area (Å²) < 4.78 is 4.97. The van der Waals surface area contributed by atoms with Crippen LogP contribution >= 0.6 is 0 Å². The Hall–Kier alpha value is -0.830. The molecule has 1 aliphatic carbocycles. The number of hydrogen-bond donors (Lipinski definition) is 1. The van der Waals surface area contributed by atoms with Gasteiger partial charge in [-0.2, -0.15) is 0 Å². The molecular weight excluding hydrogens is 240 g/mol. The summed E-state index contributed by atoms with van der Waals surface area (Å²) in [6.45, 7) is 10.8. The first kappa shape index (κ1) is 16.2. The van der Waals surface area contributed by atoms with Crippen molar-refractivity contribution in [1.29, 1.82) is 0 Å². The van der Waals surface area contributed by atoms with Crippen LogP contribution < -0.4 is 0 Å². The van der Waals surface area contributed by atoms with Crippen LogP contribution in [0.25, 0.3) is 0 Å². The Morgan fingerprint density at radius 3 is 2.58 bits per heavy atom. The maximum atomic E-state index is 10.7. The molecule has 2 atom stereocenters. The van der Waals surface area contributed by atoms with Gasteiger partial charge in [0, 0.05) is 13.5 Å². The van der Waals surface area contributed by atoms with Crippen molar-refractivity contribution < 1.29 is 14.6 Å². The first-order valence-corrected chi connectivity index (χ1v) is 7.08. The van der Waals surface area contributed by atoms with Gasteiger partial charge in [-0.3, -0.25) is 4.79 Å². The van der Waals surface area contributed by atoms with E-state index >= 15 is 0 Å². The van der Waals surface area contributed by atoms with Crippen LogP contribution in [0.15, 0.2) is 11.6 Å². The fourth-order valence-electron chi connectivity index (χ4n) is 2.49. The van der Waals surface area contributed by atoms with E-state index in [1.165, 1.54) is 6.92 Å². The molecule has 0 radical (unpaired) electrons. The molecule has 1 aliphatic rings. The summed E-state index contributed by atoms with van der Waals surface area (Å²) in [4.78, 5) is 10.7. The average Bonchev–Trinajstić information content (AvgIpc) is 2.94. The number of rotatable bonds is 7. The van der Waals surface area contributed by atoms with Gasteiger partial charge >= 0.3 is 5.97 Å². The molecule has 0 aliphatic heterocycles. The van der Waals surface area contributed by atoms with Gasteiger partial charge in [-0.15, -0.1) is 0 Å². The summed E-state index contributed by atoms with van der Waals surface area (Å²) in [5.74, 6) is 0.415. The van der Waals surface area contributed by atoms with Crippen molar-refractivity contribution in [2.45, 2.75) is 53.9 Å². The highest BCUT2D eigenvalue weighted by atomic mass is 16.5. The minimum absolute atomic E-state index is 0.160. The highest BCUT2D eigenvalue weighted by Crippen LogP contribution is 2.57. The van der Waals surface area contributed by atoms with Crippen LogP contribution in [0.3, 0.4) is 0 Å². The number of aliphatic hydroxyl groups excluding tert-OH is 1. The van der Waals surface area contributed by atoms with E-state index in [0.29, 0.717) is 19.1 Å². The summed E-state index contributed by atoms with van der Waals surface area (Å²) >= 11 is 0. The maximum absolute atomic E-state index is 10.7. The van der Waals surface area contributed by atoms with Crippen molar-refractivity contribution >= 4 is 5.97 Å². The second-order valence-electron chi connectivity index (χ2n) is 7.12. The van der Waals surface area contributed by atoms with Gasteiger partial charge < -0.3 is 9.84 Å². The molecule has 1 N–H and O–H groups in total. The lowest BCUT2D eigenvalue weighted by molar-refractivity contribution is -0.139. The van der Waals surface area contributed by atoms with E-state index in [9.17, 15) is 9.90 Å². The molecule has 0 aromatic carbocycles. The van der Waals surface area contributed by atoms with Gasteiger partial charge in [0.15, 0.2) is 0 Å². The van der Waals surface area contributed by atoms with Gasteiger partial charge in [-0.1, -0.05) is 26.8 Å². The highest BCUT2D eigenvalue weighted by molar-refractivity contribution is 5.66. The normalized spacial score (nSPS) is 27.3. The molecule has 3 heteroatoms. The van der Waals surface area contributed by atoms with Crippen LogP contribution in [0, 0.1) is 16.7 Å². The van der Waals surface area contributed by atoms with Crippen molar-refractivity contribution in [3.05, 3.63) is 11.6 Å². The lowest BCUT2D eigenvalue weighted by Gasteiger charge is -2.24. The molecule has 1 fully saturated rings. The molecule has 3 nitrogen and oxygen atoms in total. The van der Waals surface area contributed by atoms with Crippen molar-refractivity contribution in [3.8, 4) is 0 Å². The third-order valence-corrected chi connectivity index (χ3v) is 4.20. The second-order valence-corrected chi connectivity index (χ2v) is 7.12. The van der Waals surface area contributed by atoms with Crippen LogP contribution in [0.4, 0.5) is 0 Å². The minimum atomic E-state index is -0.233. The quantitative estimate of drug-likeness (QED) is 0.569. The fraction of sp³-hybridized carbons (Fsp3) is 0.812. The smallest absolute Gasteiger partial charge is 0.302 e. The lowest BCUT2D eigenvalue weighted by atomic mass is 9.81. The Morgan fingerprint density at radius 2 is 2.11 bits per heavy atom. The zero-order chi connectivity index (χ0) is 14.7. The number of hydrogen-bond acceptors (Lipinski definition) is 3. The molecule has 110 valence electrons. The molecule has 0 spiro atoms. The van der Waals surface area contributed by atoms with Gasteiger partial charge in [0.05, 0.1) is 0 Å². The van der Waals surface area contributed by atoms with Gasteiger partial charge in [0.1, 0.15) is 6.61 Å². The molecule has 1 saturated carbocycles. The summed E-state index contributed by atoms with van der Waals surface area (Å²) in [5.41, 5.74) is 1.49. The van der Waals surface area contributed by atoms with E-state index in [0.717, 1.165) is 24.8 Å². The van der Waals surface area contributed by atoms with Crippen LogP contribution in [0.2, 0.25) is 0 Å². The van der Waals surface area contributed by atoms with Gasteiger partial charge in [0.2, 0.25) is 0 Å². The molecule has 0 amide bonds. The monoisotopic (exact) mass is 268 g/mol. The molecule has 0 bridgehead atoms. The maximum Gasteiger partial charge on any atom is 0.302 e. The minimum Gasteiger partial charge on any atom is -0.461 e. The molecule has 0 aromatic heterocycles. The standard InChI is InChI=1S/C16H28O3/c1-12(10-19-13(2)18)6-7-15(3,4)8-14-9-16(14,5)11-17/h6,14,17H,7-11H2,1-5H3/b12-6+/t14-,16+/m0/s1. The van der Waals surface area contributed by atoms with Crippen LogP contribution in [-0.2, 0) is 9.53 Å². The van der Waals surface area contributed by atoms with Crippen LogP contribution in [0.1, 0.15) is 53.9 Å². The molecule has 0 aromatic rings. The van der Waals surface area contributed by atoms with Crippen molar-refractivity contribution in [3.63, 3.8) is 0 Å². The van der Waals surface area contributed by atoms with Crippen molar-refractivity contribution in [1.82, 2.24) is 0 Å². The summed E-state index contributed by atoms with van der Waals surface area (Å²) in [5, 5.41) is 9.31. The summed E-state index contributed by atoms with van der Waals surface area (Å²) in [6.07, 6.45) is 5.43. The van der Waals surface area contributed by atoms with Gasteiger partial charge in [-0.05, 0) is 48.5 Å². The van der Waals surface area contributed by atoms with E-state index in [4.69, 9.17) is 4.74 Å². The number of carbonyl (C=O) groups is 1. The molecular formula is C16H28O3. The number of ether oxygens (including phenoxy) is 1. The molecule has 19 heavy (non-hydrogen) atoms. The Bertz CT molecular complexity index is 357. The molecule has 0 heterocycles. The SMILES string of the molecule is CC(=O)OC/C(C)=C/CC(C)(C)C[C@H]1C[C@]1(C)CO. The van der Waals surface area contributed by atoms with Gasteiger partial charge in [-0.25, -0.2) is 0 Å². The van der Waals surface area contributed by atoms with Crippen molar-refractivity contribution in [2.75, 3.05) is 13.2 Å². The molecule has 0 unspecified atom stereocenters. The highest BCUT2D eigenvalue weighted by Gasteiger charge is 2.50. The number of allylic oxidation sites excluding steroid dienone is 1. The van der Waals surface area contributed by atoms with Crippen molar-refractivity contribution in [2.24, 2.45) is 16.7 Å². The average molecular weight is 268 g/mol. The van der Waals surface area contributed by atoms with E-state index in [1.54, 1.807) is 0 Å². The Kier molecular flexibility index (Phi) is 5.19. The fourth-order valence-corrected chi connectivity index (χ4v) is 2.49. The van der Waals surface area contributed by atoms with E-state index < -0.39 is 0 Å². The number of carbonyl (C=O) groups excluding carboxylic acids is 1. The van der Waals surface area contributed by atoms with Crippen LogP contribution in [0.5, 0.6) is 0 Å². The third-order valence-electron chi connectivity index (χ3n) is 4.20. The van der Waals surface area contributed by atoms with E-state index in [2.05, 4.69) is 26.8 Å². The largest absolute Gasteiger partial charge is 0.461 e. The first-order chi connectivity index (χ1) is 8.68. The lowest BCUT2D eigenvalue weighted by Crippen LogP contribution is -2.15. The molecule has 1 rings (SSSR count). The first-order valence-electron chi connectivity index (χ1n) is 7.08. The van der Waals surface area contributed by atoms with E-state index in [-0.39, 0.29) is 16.8 Å².